The van der Waals surface area contributed by atoms with Crippen molar-refractivity contribution in [1.29, 1.82) is 5.41 Å². The van der Waals surface area contributed by atoms with Gasteiger partial charge in [-0.25, -0.2) is 0 Å². The van der Waals surface area contributed by atoms with E-state index in [1.807, 2.05) is 0 Å². The summed E-state index contributed by atoms with van der Waals surface area (Å²) in [6.45, 7) is 5.61. The van der Waals surface area contributed by atoms with E-state index in [0.717, 1.165) is 17.5 Å². The lowest BCUT2D eigenvalue weighted by atomic mass is 9.78. The Morgan fingerprint density at radius 3 is 2.56 bits per heavy atom. The summed E-state index contributed by atoms with van der Waals surface area (Å²) >= 11 is 1.75. The molecule has 2 rings (SSSR count). The summed E-state index contributed by atoms with van der Waals surface area (Å²) in [5.74, 6) is 1.82. The molecule has 1 spiro atoms. The van der Waals surface area contributed by atoms with Crippen LogP contribution in [0.2, 0.25) is 0 Å². The van der Waals surface area contributed by atoms with Crippen LogP contribution in [0.1, 0.15) is 52.4 Å². The van der Waals surface area contributed by atoms with E-state index < -0.39 is 0 Å². The highest BCUT2D eigenvalue weighted by atomic mass is 32.2. The molecule has 0 amide bonds. The molecule has 0 aromatic rings. The quantitative estimate of drug-likeness (QED) is 0.796. The normalized spacial score (nSPS) is 25.4. The van der Waals surface area contributed by atoms with Crippen LogP contribution in [-0.4, -0.2) is 27.9 Å². The maximum Gasteiger partial charge on any atom is 0.156 e. The predicted molar refractivity (Wildman–Crippen MR) is 72.2 cm³/mol. The highest BCUT2D eigenvalue weighted by molar-refractivity contribution is 8.13. The molecule has 1 aliphatic carbocycles. The van der Waals surface area contributed by atoms with Gasteiger partial charge in [0.1, 0.15) is 0 Å². The molecule has 0 radical (unpaired) electrons. The monoisotopic (exact) mass is 240 g/mol. The van der Waals surface area contributed by atoms with Gasteiger partial charge in [0.25, 0.3) is 0 Å². The maximum atomic E-state index is 8.19. The van der Waals surface area contributed by atoms with E-state index in [0.29, 0.717) is 11.5 Å². The predicted octanol–water partition coefficient (Wildman–Crippen LogP) is 3.72. The van der Waals surface area contributed by atoms with Crippen LogP contribution in [0.25, 0.3) is 0 Å². The van der Waals surface area contributed by atoms with Crippen molar-refractivity contribution in [2.45, 2.75) is 57.9 Å². The van der Waals surface area contributed by atoms with Crippen molar-refractivity contribution in [3.63, 3.8) is 0 Å². The Balaban J connectivity index is 2.14. The van der Waals surface area contributed by atoms with E-state index in [4.69, 9.17) is 5.41 Å². The summed E-state index contributed by atoms with van der Waals surface area (Å²) in [4.78, 5) is 2.44. The van der Waals surface area contributed by atoms with Gasteiger partial charge in [-0.15, -0.1) is 0 Å². The van der Waals surface area contributed by atoms with Crippen molar-refractivity contribution in [1.82, 2.24) is 4.90 Å². The van der Waals surface area contributed by atoms with Crippen LogP contribution in [0.4, 0.5) is 0 Å². The van der Waals surface area contributed by atoms with Gasteiger partial charge in [-0.3, -0.25) is 5.41 Å². The van der Waals surface area contributed by atoms with Crippen LogP contribution in [0.5, 0.6) is 0 Å². The molecule has 1 aliphatic heterocycles. The zero-order chi connectivity index (χ0) is 11.6. The van der Waals surface area contributed by atoms with E-state index in [1.165, 1.54) is 38.5 Å². The van der Waals surface area contributed by atoms with Crippen molar-refractivity contribution in [2.75, 3.05) is 12.3 Å². The molecule has 1 heterocycles. The first-order chi connectivity index (χ1) is 7.64. The molecule has 3 heteroatoms. The number of amidine groups is 1. The number of hydrogen-bond donors (Lipinski definition) is 1. The minimum atomic E-state index is 0.366. The number of hydrogen-bond acceptors (Lipinski definition) is 2. The largest absolute Gasteiger partial charge is 0.346 e. The number of rotatable bonds is 2. The topological polar surface area (TPSA) is 27.1 Å². The number of nitrogens with zero attached hydrogens (tertiary/aromatic N) is 1. The van der Waals surface area contributed by atoms with Gasteiger partial charge in [-0.2, -0.15) is 0 Å². The highest BCUT2D eigenvalue weighted by Crippen LogP contribution is 2.42. The first-order valence-corrected chi connectivity index (χ1v) is 7.62. The van der Waals surface area contributed by atoms with Gasteiger partial charge in [0, 0.05) is 17.8 Å². The molecule has 2 fully saturated rings. The second-order valence-electron chi connectivity index (χ2n) is 5.69. The van der Waals surface area contributed by atoms with Gasteiger partial charge in [0.15, 0.2) is 5.17 Å². The molecule has 0 unspecified atom stereocenters. The third-order valence-electron chi connectivity index (χ3n) is 3.96. The van der Waals surface area contributed by atoms with Crippen molar-refractivity contribution >= 4 is 16.9 Å². The molecule has 0 aromatic carbocycles. The van der Waals surface area contributed by atoms with Gasteiger partial charge in [0.05, 0.1) is 0 Å². The summed E-state index contributed by atoms with van der Waals surface area (Å²) in [6.07, 6.45) is 8.08. The standard InChI is InChI=1S/C13H24N2S/c1-11(2)10-15-12(14)16-9-8-13(15)6-4-3-5-7-13/h11,14H,3-10H2,1-2H3. The lowest BCUT2D eigenvalue weighted by Gasteiger charge is -2.51. The van der Waals surface area contributed by atoms with Gasteiger partial charge in [-0.1, -0.05) is 44.9 Å². The molecule has 1 saturated heterocycles. The Labute approximate surface area is 104 Å². The molecule has 0 atom stereocenters. The van der Waals surface area contributed by atoms with Crippen LogP contribution >= 0.6 is 11.8 Å². The lowest BCUT2D eigenvalue weighted by Crippen LogP contribution is -2.55. The Hall–Kier alpha value is -0.180. The van der Waals surface area contributed by atoms with Crippen LogP contribution in [0.3, 0.4) is 0 Å². The van der Waals surface area contributed by atoms with E-state index in [2.05, 4.69) is 18.7 Å². The van der Waals surface area contributed by atoms with Crippen molar-refractivity contribution < 1.29 is 0 Å². The van der Waals surface area contributed by atoms with Crippen LogP contribution in [-0.2, 0) is 0 Å². The second kappa shape index (κ2) is 4.99. The second-order valence-corrected chi connectivity index (χ2v) is 6.78. The minimum Gasteiger partial charge on any atom is -0.346 e. The molecule has 0 bridgehead atoms. The molecule has 1 N–H and O–H groups in total. The van der Waals surface area contributed by atoms with Gasteiger partial charge >= 0.3 is 0 Å². The zero-order valence-electron chi connectivity index (χ0n) is 10.6. The fraction of sp³-hybridized carbons (Fsp3) is 0.923. The summed E-state index contributed by atoms with van der Waals surface area (Å²) in [5.41, 5.74) is 0.366. The molecule has 2 nitrogen and oxygen atoms in total. The van der Waals surface area contributed by atoms with Crippen LogP contribution in [0, 0.1) is 11.3 Å². The highest BCUT2D eigenvalue weighted by Gasteiger charge is 2.41. The van der Waals surface area contributed by atoms with E-state index >= 15 is 0 Å². The molecular formula is C13H24N2S. The van der Waals surface area contributed by atoms with Crippen LogP contribution in [0.15, 0.2) is 0 Å². The average Bonchev–Trinajstić information content (AvgIpc) is 2.25. The molecular weight excluding hydrogens is 216 g/mol. The SMILES string of the molecule is CC(C)CN1C(=N)SCCC12CCCCC2. The van der Waals surface area contributed by atoms with Gasteiger partial charge in [0.2, 0.25) is 0 Å². The van der Waals surface area contributed by atoms with E-state index in [1.54, 1.807) is 11.8 Å². The van der Waals surface area contributed by atoms with Crippen molar-refractivity contribution in [3.05, 3.63) is 0 Å². The Kier molecular flexibility index (Phi) is 3.83. The fourth-order valence-electron chi connectivity index (χ4n) is 3.14. The average molecular weight is 240 g/mol. The lowest BCUT2D eigenvalue weighted by molar-refractivity contribution is 0.101. The first kappa shape index (κ1) is 12.3. The third-order valence-corrected chi connectivity index (χ3v) is 4.86. The Bertz CT molecular complexity index is 251. The summed E-state index contributed by atoms with van der Waals surface area (Å²) in [5, 5.41) is 9.02. The van der Waals surface area contributed by atoms with Crippen molar-refractivity contribution in [2.24, 2.45) is 5.92 Å². The van der Waals surface area contributed by atoms with Gasteiger partial charge < -0.3 is 4.90 Å². The third kappa shape index (κ3) is 2.39. The van der Waals surface area contributed by atoms with Crippen molar-refractivity contribution in [3.8, 4) is 0 Å². The molecule has 1 saturated carbocycles. The molecule has 0 aromatic heterocycles. The van der Waals surface area contributed by atoms with E-state index in [-0.39, 0.29) is 0 Å². The number of thioether (sulfide) groups is 1. The Morgan fingerprint density at radius 1 is 1.25 bits per heavy atom. The smallest absolute Gasteiger partial charge is 0.156 e. The summed E-state index contributed by atoms with van der Waals surface area (Å²) in [6, 6.07) is 0. The van der Waals surface area contributed by atoms with Gasteiger partial charge in [-0.05, 0) is 25.2 Å². The number of nitrogens with one attached hydrogen (secondary N) is 1. The fourth-order valence-corrected chi connectivity index (χ4v) is 4.24. The molecule has 92 valence electrons. The molecule has 16 heavy (non-hydrogen) atoms. The van der Waals surface area contributed by atoms with E-state index in [9.17, 15) is 0 Å². The maximum absolute atomic E-state index is 8.19. The minimum absolute atomic E-state index is 0.366. The molecule has 2 aliphatic rings. The summed E-state index contributed by atoms with van der Waals surface area (Å²) < 4.78 is 0. The van der Waals surface area contributed by atoms with Crippen LogP contribution < -0.4 is 0 Å². The first-order valence-electron chi connectivity index (χ1n) is 6.63. The summed E-state index contributed by atoms with van der Waals surface area (Å²) in [7, 11) is 0. The zero-order valence-corrected chi connectivity index (χ0v) is 11.4. The Morgan fingerprint density at radius 2 is 1.94 bits per heavy atom.